The monoisotopic (exact) mass is 312 g/mol. The Morgan fingerprint density at radius 2 is 1.89 bits per heavy atom. The lowest BCUT2D eigenvalue weighted by Crippen LogP contribution is -2.29. The van der Waals surface area contributed by atoms with Gasteiger partial charge in [0.15, 0.2) is 0 Å². The highest BCUT2D eigenvalue weighted by Crippen LogP contribution is 2.21. The summed E-state index contributed by atoms with van der Waals surface area (Å²) < 4.78 is 47.6. The lowest BCUT2D eigenvalue weighted by molar-refractivity contribution is 0.582. The summed E-state index contributed by atoms with van der Waals surface area (Å²) in [5.74, 6) is -0.278. The Morgan fingerprint density at radius 1 is 1.28 bits per heavy atom. The summed E-state index contributed by atoms with van der Waals surface area (Å²) in [5, 5.41) is 0.322. The molecule has 1 rings (SSSR count). The van der Waals surface area contributed by atoms with Crippen LogP contribution in [-0.4, -0.2) is 35.4 Å². The summed E-state index contributed by atoms with van der Waals surface area (Å²) in [7, 11) is -7.05. The van der Waals surface area contributed by atoms with Gasteiger partial charge in [0.05, 0.1) is 11.4 Å². The van der Waals surface area contributed by atoms with E-state index in [9.17, 15) is 16.8 Å². The Kier molecular flexibility index (Phi) is 4.60. The predicted molar refractivity (Wildman–Crippen MR) is 70.8 cm³/mol. The van der Waals surface area contributed by atoms with Crippen LogP contribution in [0.2, 0.25) is 5.02 Å². The van der Waals surface area contributed by atoms with Gasteiger partial charge < -0.3 is 5.73 Å². The summed E-state index contributed by atoms with van der Waals surface area (Å²) in [4.78, 5) is -0.125. The summed E-state index contributed by atoms with van der Waals surface area (Å²) in [6.45, 7) is -0.205. The quantitative estimate of drug-likeness (QED) is 0.758. The summed E-state index contributed by atoms with van der Waals surface area (Å²) >= 11 is 5.66. The van der Waals surface area contributed by atoms with Gasteiger partial charge in [0.25, 0.3) is 0 Å². The Hall–Kier alpha value is -0.830. The van der Waals surface area contributed by atoms with E-state index >= 15 is 0 Å². The largest absolute Gasteiger partial charge is 0.398 e. The SMILES string of the molecule is CS(=O)(=O)CCNS(=O)(=O)c1ccc(Cl)cc1N. The number of anilines is 1. The van der Waals surface area contributed by atoms with E-state index in [1.54, 1.807) is 0 Å². The Balaban J connectivity index is 2.87. The first kappa shape index (κ1) is 15.2. The molecule has 0 unspecified atom stereocenters. The first-order valence-electron chi connectivity index (χ1n) is 4.84. The van der Waals surface area contributed by atoms with Gasteiger partial charge in [0.1, 0.15) is 14.7 Å². The van der Waals surface area contributed by atoms with Gasteiger partial charge in [0.2, 0.25) is 10.0 Å². The first-order valence-corrected chi connectivity index (χ1v) is 8.76. The number of hydrogen-bond acceptors (Lipinski definition) is 5. The molecule has 102 valence electrons. The molecule has 1 aromatic carbocycles. The molecule has 18 heavy (non-hydrogen) atoms. The molecule has 0 amide bonds. The Labute approximate surface area is 111 Å². The maximum Gasteiger partial charge on any atom is 0.242 e. The number of sulfonamides is 1. The van der Waals surface area contributed by atoms with E-state index in [0.29, 0.717) is 5.02 Å². The fraction of sp³-hybridized carbons (Fsp3) is 0.333. The third kappa shape index (κ3) is 4.45. The predicted octanol–water partition coefficient (Wildman–Crippen LogP) is 0.245. The molecular formula is C9H13ClN2O4S2. The second-order valence-electron chi connectivity index (χ2n) is 3.71. The molecule has 0 spiro atoms. The van der Waals surface area contributed by atoms with Crippen LogP contribution >= 0.6 is 11.6 Å². The molecule has 0 aromatic heterocycles. The Morgan fingerprint density at radius 3 is 2.39 bits per heavy atom. The molecule has 0 atom stereocenters. The molecule has 0 saturated carbocycles. The van der Waals surface area contributed by atoms with Gasteiger partial charge in [-0.05, 0) is 18.2 Å². The van der Waals surface area contributed by atoms with Crippen molar-refractivity contribution >= 4 is 37.1 Å². The maximum atomic E-state index is 11.8. The number of halogens is 1. The van der Waals surface area contributed by atoms with Crippen LogP contribution in [0, 0.1) is 0 Å². The third-order valence-corrected chi connectivity index (χ3v) is 4.74. The van der Waals surface area contributed by atoms with E-state index in [-0.39, 0.29) is 22.9 Å². The van der Waals surface area contributed by atoms with Crippen molar-refractivity contribution in [2.75, 3.05) is 24.3 Å². The molecule has 0 aliphatic heterocycles. The number of hydrogen-bond donors (Lipinski definition) is 2. The van der Waals surface area contributed by atoms with Crippen molar-refractivity contribution in [3.63, 3.8) is 0 Å². The number of nitrogen functional groups attached to an aromatic ring is 1. The average molecular weight is 313 g/mol. The highest BCUT2D eigenvalue weighted by molar-refractivity contribution is 7.91. The molecule has 0 radical (unpaired) electrons. The minimum atomic E-state index is -3.83. The van der Waals surface area contributed by atoms with Gasteiger partial charge in [-0.3, -0.25) is 0 Å². The van der Waals surface area contributed by atoms with E-state index in [1.165, 1.54) is 18.2 Å². The van der Waals surface area contributed by atoms with Crippen LogP contribution < -0.4 is 10.5 Å². The fourth-order valence-corrected chi connectivity index (χ4v) is 3.13. The van der Waals surface area contributed by atoms with Crippen molar-refractivity contribution < 1.29 is 16.8 Å². The first-order chi connectivity index (χ1) is 8.12. The molecule has 0 fully saturated rings. The lowest BCUT2D eigenvalue weighted by Gasteiger charge is -2.08. The minimum Gasteiger partial charge on any atom is -0.398 e. The number of nitrogens with two attached hydrogens (primary N) is 1. The van der Waals surface area contributed by atoms with Crippen LogP contribution in [0.1, 0.15) is 0 Å². The average Bonchev–Trinajstić information content (AvgIpc) is 2.13. The van der Waals surface area contributed by atoms with Gasteiger partial charge in [-0.2, -0.15) is 0 Å². The second kappa shape index (κ2) is 5.43. The third-order valence-electron chi connectivity index (χ3n) is 2.03. The highest BCUT2D eigenvalue weighted by atomic mass is 35.5. The van der Waals surface area contributed by atoms with Crippen molar-refractivity contribution in [2.45, 2.75) is 4.90 Å². The lowest BCUT2D eigenvalue weighted by atomic mass is 10.3. The van der Waals surface area contributed by atoms with Gasteiger partial charge in [-0.1, -0.05) is 11.6 Å². The maximum absolute atomic E-state index is 11.8. The summed E-state index contributed by atoms with van der Waals surface area (Å²) in [6, 6.07) is 3.97. The molecule has 0 heterocycles. The van der Waals surface area contributed by atoms with Crippen LogP contribution in [0.4, 0.5) is 5.69 Å². The summed E-state index contributed by atoms with van der Waals surface area (Å²) in [6.07, 6.45) is 1.03. The second-order valence-corrected chi connectivity index (χ2v) is 8.14. The van der Waals surface area contributed by atoms with E-state index in [2.05, 4.69) is 4.72 Å². The van der Waals surface area contributed by atoms with Gasteiger partial charge in [0, 0.05) is 17.8 Å². The summed E-state index contributed by atoms with van der Waals surface area (Å²) in [5.41, 5.74) is 5.55. The Bertz CT molecular complexity index is 641. The molecule has 6 nitrogen and oxygen atoms in total. The van der Waals surface area contributed by atoms with Crippen LogP contribution in [0.15, 0.2) is 23.1 Å². The zero-order chi connectivity index (χ0) is 14.0. The number of benzene rings is 1. The van der Waals surface area contributed by atoms with E-state index in [4.69, 9.17) is 17.3 Å². The van der Waals surface area contributed by atoms with Crippen LogP contribution in [0.3, 0.4) is 0 Å². The van der Waals surface area contributed by atoms with Crippen molar-refractivity contribution in [3.05, 3.63) is 23.2 Å². The molecule has 0 saturated heterocycles. The number of sulfone groups is 1. The molecule has 1 aromatic rings. The van der Waals surface area contributed by atoms with Crippen LogP contribution in [0.25, 0.3) is 0 Å². The van der Waals surface area contributed by atoms with Crippen LogP contribution in [0.5, 0.6) is 0 Å². The molecule has 3 N–H and O–H groups in total. The van der Waals surface area contributed by atoms with Gasteiger partial charge in [-0.15, -0.1) is 0 Å². The van der Waals surface area contributed by atoms with E-state index < -0.39 is 19.9 Å². The smallest absolute Gasteiger partial charge is 0.242 e. The normalized spacial score (nSPS) is 12.6. The van der Waals surface area contributed by atoms with E-state index in [1.807, 2.05) is 0 Å². The fourth-order valence-electron chi connectivity index (χ4n) is 1.20. The highest BCUT2D eigenvalue weighted by Gasteiger charge is 2.17. The zero-order valence-corrected chi connectivity index (χ0v) is 11.9. The van der Waals surface area contributed by atoms with Crippen molar-refractivity contribution in [2.24, 2.45) is 0 Å². The van der Waals surface area contributed by atoms with Crippen LogP contribution in [-0.2, 0) is 19.9 Å². The molecule has 0 aliphatic carbocycles. The topological polar surface area (TPSA) is 106 Å². The molecule has 0 bridgehead atoms. The zero-order valence-electron chi connectivity index (χ0n) is 9.55. The van der Waals surface area contributed by atoms with Crippen molar-refractivity contribution in [3.8, 4) is 0 Å². The standard InChI is InChI=1S/C9H13ClN2O4S2/c1-17(13,14)5-4-12-18(15,16)9-3-2-7(10)6-8(9)11/h2-3,6,12H,4-5,11H2,1H3. The van der Waals surface area contributed by atoms with Crippen molar-refractivity contribution in [1.82, 2.24) is 4.72 Å². The number of nitrogens with one attached hydrogen (secondary N) is 1. The van der Waals surface area contributed by atoms with Gasteiger partial charge >= 0.3 is 0 Å². The molecular weight excluding hydrogens is 300 g/mol. The molecule has 9 heteroatoms. The molecule has 0 aliphatic rings. The van der Waals surface area contributed by atoms with Crippen molar-refractivity contribution in [1.29, 1.82) is 0 Å². The van der Waals surface area contributed by atoms with E-state index in [0.717, 1.165) is 6.26 Å². The minimum absolute atomic E-state index is 0.00866. The number of rotatable bonds is 5. The van der Waals surface area contributed by atoms with Gasteiger partial charge in [-0.25, -0.2) is 21.6 Å².